The zero-order valence-electron chi connectivity index (χ0n) is 12.1. The van der Waals surface area contributed by atoms with E-state index < -0.39 is 0 Å². The summed E-state index contributed by atoms with van der Waals surface area (Å²) in [5.41, 5.74) is 4.12. The Morgan fingerprint density at radius 1 is 1.00 bits per heavy atom. The molecular weight excluding hydrogens is 294 g/mol. The zero-order valence-corrected chi connectivity index (χ0v) is 12.8. The fourth-order valence-electron chi connectivity index (χ4n) is 2.54. The Balaban J connectivity index is 1.74. The fraction of sp³-hybridized carbons (Fsp3) is 0.105. The zero-order chi connectivity index (χ0) is 15.4. The number of fused-ring (bicyclic) bond motifs is 1. The summed E-state index contributed by atoms with van der Waals surface area (Å²) in [6, 6.07) is 17.5. The molecule has 0 fully saturated rings. The molecule has 0 heterocycles. The largest absolute Gasteiger partial charge is 0.323 e. The highest BCUT2D eigenvalue weighted by molar-refractivity contribution is 6.49. The molecule has 0 aliphatic heterocycles. The second-order valence-corrected chi connectivity index (χ2v) is 5.56. The standard InChI is InChI=1S/C19H16ClNO/c20-19-15(11-10-14-6-4-5-9-17(14)19)12-13-18(22)21-16-7-2-1-3-8-16/h1-9,12-13H,10-11H2,(H,21,22). The van der Waals surface area contributed by atoms with Gasteiger partial charge in [0.25, 0.3) is 0 Å². The van der Waals surface area contributed by atoms with E-state index >= 15 is 0 Å². The van der Waals surface area contributed by atoms with Gasteiger partial charge >= 0.3 is 0 Å². The van der Waals surface area contributed by atoms with E-state index in [0.717, 1.165) is 34.7 Å². The fourth-order valence-corrected chi connectivity index (χ4v) is 2.88. The molecule has 0 bridgehead atoms. The SMILES string of the molecule is O=C(C=CC1=C(Cl)c2ccccc2CC1)Nc1ccccc1. The molecule has 1 N–H and O–H groups in total. The third-order valence-electron chi connectivity index (χ3n) is 3.68. The minimum absolute atomic E-state index is 0.151. The Labute approximate surface area is 135 Å². The molecule has 3 heteroatoms. The van der Waals surface area contributed by atoms with E-state index in [-0.39, 0.29) is 5.91 Å². The van der Waals surface area contributed by atoms with Gasteiger partial charge in [0.15, 0.2) is 0 Å². The molecule has 2 nitrogen and oxygen atoms in total. The van der Waals surface area contributed by atoms with E-state index in [0.29, 0.717) is 0 Å². The number of amides is 1. The van der Waals surface area contributed by atoms with Gasteiger partial charge in [0.05, 0.1) is 5.03 Å². The number of halogens is 1. The van der Waals surface area contributed by atoms with E-state index in [1.807, 2.05) is 54.6 Å². The van der Waals surface area contributed by atoms with Crippen molar-refractivity contribution < 1.29 is 4.79 Å². The number of aryl methyl sites for hydroxylation is 1. The maximum absolute atomic E-state index is 11.9. The molecule has 2 aromatic rings. The molecule has 2 aromatic carbocycles. The van der Waals surface area contributed by atoms with Gasteiger partial charge in [-0.15, -0.1) is 0 Å². The minimum atomic E-state index is -0.151. The molecule has 0 atom stereocenters. The maximum atomic E-state index is 11.9. The van der Waals surface area contributed by atoms with Gasteiger partial charge in [0.1, 0.15) is 0 Å². The van der Waals surface area contributed by atoms with Crippen molar-refractivity contribution in [2.45, 2.75) is 12.8 Å². The summed E-state index contributed by atoms with van der Waals surface area (Å²) >= 11 is 6.45. The molecule has 3 rings (SSSR count). The van der Waals surface area contributed by atoms with E-state index in [1.165, 1.54) is 5.56 Å². The molecule has 0 unspecified atom stereocenters. The molecule has 0 radical (unpaired) electrons. The van der Waals surface area contributed by atoms with Crippen LogP contribution in [0.15, 0.2) is 72.3 Å². The second kappa shape index (κ2) is 6.63. The van der Waals surface area contributed by atoms with E-state index in [4.69, 9.17) is 11.6 Å². The van der Waals surface area contributed by atoms with Crippen LogP contribution in [-0.4, -0.2) is 5.91 Å². The van der Waals surface area contributed by atoms with Crippen LogP contribution < -0.4 is 5.32 Å². The first-order chi connectivity index (χ1) is 10.7. The van der Waals surface area contributed by atoms with Crippen LogP contribution in [0.1, 0.15) is 17.5 Å². The lowest BCUT2D eigenvalue weighted by molar-refractivity contribution is -0.111. The first kappa shape index (κ1) is 14.6. The van der Waals surface area contributed by atoms with E-state index in [9.17, 15) is 4.79 Å². The Morgan fingerprint density at radius 2 is 1.73 bits per heavy atom. The summed E-state index contributed by atoms with van der Waals surface area (Å²) in [7, 11) is 0. The monoisotopic (exact) mass is 309 g/mol. The summed E-state index contributed by atoms with van der Waals surface area (Å²) in [4.78, 5) is 11.9. The minimum Gasteiger partial charge on any atom is -0.323 e. The molecule has 1 aliphatic rings. The summed E-state index contributed by atoms with van der Waals surface area (Å²) < 4.78 is 0. The van der Waals surface area contributed by atoms with Gasteiger partial charge < -0.3 is 5.32 Å². The van der Waals surface area contributed by atoms with Crippen molar-refractivity contribution in [3.05, 3.63) is 83.4 Å². The van der Waals surface area contributed by atoms with Crippen LogP contribution in [0, 0.1) is 0 Å². The Bertz CT molecular complexity index is 747. The van der Waals surface area contributed by atoms with E-state index in [1.54, 1.807) is 6.08 Å². The molecule has 0 spiro atoms. The number of allylic oxidation sites excluding steroid dienone is 2. The smallest absolute Gasteiger partial charge is 0.248 e. The van der Waals surface area contributed by atoms with Gasteiger partial charge in [0, 0.05) is 11.8 Å². The number of hydrogen-bond acceptors (Lipinski definition) is 1. The summed E-state index contributed by atoms with van der Waals surface area (Å²) in [5.74, 6) is -0.151. The number of hydrogen-bond donors (Lipinski definition) is 1. The van der Waals surface area contributed by atoms with Gasteiger partial charge in [-0.05, 0) is 41.7 Å². The first-order valence-corrected chi connectivity index (χ1v) is 7.63. The summed E-state index contributed by atoms with van der Waals surface area (Å²) in [6.45, 7) is 0. The molecule has 110 valence electrons. The lowest BCUT2D eigenvalue weighted by atomic mass is 9.92. The highest BCUT2D eigenvalue weighted by Gasteiger charge is 2.15. The van der Waals surface area contributed by atoms with Gasteiger partial charge in [-0.1, -0.05) is 60.1 Å². The number of rotatable bonds is 3. The summed E-state index contributed by atoms with van der Waals surface area (Å²) in [6.07, 6.45) is 5.16. The number of anilines is 1. The number of carbonyl (C=O) groups is 1. The quantitative estimate of drug-likeness (QED) is 0.812. The highest BCUT2D eigenvalue weighted by atomic mass is 35.5. The van der Waals surface area contributed by atoms with Crippen LogP contribution in [0.25, 0.3) is 5.03 Å². The first-order valence-electron chi connectivity index (χ1n) is 7.25. The van der Waals surface area contributed by atoms with Crippen LogP contribution >= 0.6 is 11.6 Å². The van der Waals surface area contributed by atoms with Gasteiger partial charge in [0.2, 0.25) is 5.91 Å². The van der Waals surface area contributed by atoms with Crippen LogP contribution in [-0.2, 0) is 11.2 Å². The molecule has 1 aliphatic carbocycles. The Hall–Kier alpha value is -2.32. The topological polar surface area (TPSA) is 29.1 Å². The Morgan fingerprint density at radius 3 is 2.55 bits per heavy atom. The van der Waals surface area contributed by atoms with Gasteiger partial charge in [-0.2, -0.15) is 0 Å². The van der Waals surface area contributed by atoms with Crippen molar-refractivity contribution in [1.29, 1.82) is 0 Å². The van der Waals surface area contributed by atoms with Gasteiger partial charge in [-0.25, -0.2) is 0 Å². The lowest BCUT2D eigenvalue weighted by Crippen LogP contribution is -2.08. The third-order valence-corrected chi connectivity index (χ3v) is 4.12. The van der Waals surface area contributed by atoms with Crippen LogP contribution in [0.4, 0.5) is 5.69 Å². The molecular formula is C19H16ClNO. The average molecular weight is 310 g/mol. The number of para-hydroxylation sites is 1. The lowest BCUT2D eigenvalue weighted by Gasteiger charge is -2.17. The molecule has 0 saturated heterocycles. The number of benzene rings is 2. The van der Waals surface area contributed by atoms with Crippen molar-refractivity contribution in [2.24, 2.45) is 0 Å². The van der Waals surface area contributed by atoms with E-state index in [2.05, 4.69) is 11.4 Å². The highest BCUT2D eigenvalue weighted by Crippen LogP contribution is 2.34. The van der Waals surface area contributed by atoms with Crippen molar-refractivity contribution in [3.8, 4) is 0 Å². The Kier molecular flexibility index (Phi) is 4.40. The molecule has 0 aromatic heterocycles. The second-order valence-electron chi connectivity index (χ2n) is 5.18. The molecule has 1 amide bonds. The summed E-state index contributed by atoms with van der Waals surface area (Å²) in [5, 5.41) is 3.57. The third kappa shape index (κ3) is 3.29. The predicted molar refractivity (Wildman–Crippen MR) is 91.7 cm³/mol. The molecule has 22 heavy (non-hydrogen) atoms. The number of carbonyl (C=O) groups excluding carboxylic acids is 1. The van der Waals surface area contributed by atoms with Crippen LogP contribution in [0.3, 0.4) is 0 Å². The van der Waals surface area contributed by atoms with Gasteiger partial charge in [-0.3, -0.25) is 4.79 Å². The molecule has 0 saturated carbocycles. The van der Waals surface area contributed by atoms with Crippen molar-refractivity contribution in [1.82, 2.24) is 0 Å². The van der Waals surface area contributed by atoms with Crippen LogP contribution in [0.2, 0.25) is 0 Å². The van der Waals surface area contributed by atoms with Crippen molar-refractivity contribution >= 4 is 28.2 Å². The normalized spacial score (nSPS) is 14.0. The van der Waals surface area contributed by atoms with Crippen LogP contribution in [0.5, 0.6) is 0 Å². The van der Waals surface area contributed by atoms with Crippen molar-refractivity contribution in [3.63, 3.8) is 0 Å². The van der Waals surface area contributed by atoms with Crippen molar-refractivity contribution in [2.75, 3.05) is 5.32 Å². The maximum Gasteiger partial charge on any atom is 0.248 e. The number of nitrogens with one attached hydrogen (secondary N) is 1. The predicted octanol–water partition coefficient (Wildman–Crippen LogP) is 4.78. The average Bonchev–Trinajstić information content (AvgIpc) is 2.55.